The number of carbonyl (C=O) groups is 1. The van der Waals surface area contributed by atoms with Gasteiger partial charge in [-0.2, -0.15) is 0 Å². The van der Waals surface area contributed by atoms with Crippen molar-refractivity contribution in [3.63, 3.8) is 0 Å². The van der Waals surface area contributed by atoms with Crippen LogP contribution in [-0.4, -0.2) is 20.5 Å². The average molecular weight is 256 g/mol. The molecule has 1 aliphatic heterocycles. The van der Waals surface area contributed by atoms with E-state index < -0.39 is 10.8 Å². The van der Waals surface area contributed by atoms with Gasteiger partial charge in [-0.25, -0.2) is 0 Å². The second kappa shape index (κ2) is 3.55. The van der Waals surface area contributed by atoms with Crippen LogP contribution in [-0.2, 0) is 0 Å². The van der Waals surface area contributed by atoms with E-state index in [1.165, 1.54) is 28.8 Å². The molecular weight excluding hydrogens is 248 g/mol. The quantitative estimate of drug-likeness (QED) is 0.434. The third kappa shape index (κ3) is 1.33. The minimum Gasteiger partial charge on any atom is -0.506 e. The smallest absolute Gasteiger partial charge is 0.279 e. The number of rotatable bonds is 2. The molecule has 0 amide bonds. The minimum atomic E-state index is -0.526. The maximum absolute atomic E-state index is 12.2. The number of nitro benzene ring substituents is 1. The van der Waals surface area contributed by atoms with Crippen LogP contribution in [0.3, 0.4) is 0 Å². The van der Waals surface area contributed by atoms with E-state index in [1.54, 1.807) is 6.07 Å². The summed E-state index contributed by atoms with van der Waals surface area (Å²) in [5, 5.41) is 20.5. The van der Waals surface area contributed by atoms with Crippen LogP contribution in [0.5, 0.6) is 0 Å². The second-order valence-electron chi connectivity index (χ2n) is 4.15. The molecule has 1 aliphatic rings. The number of hydrogen-bond acceptors (Lipinski definition) is 4. The lowest BCUT2D eigenvalue weighted by Crippen LogP contribution is -2.09. The SMILES string of the molecule is C=C(O)c1ccc2n1C(=O)c1cccc([N+](=O)[O-])c1-2. The summed E-state index contributed by atoms with van der Waals surface area (Å²) in [5.74, 6) is -0.654. The number of nitrogens with zero attached hydrogens (tertiary/aromatic N) is 2. The number of aliphatic hydroxyl groups is 1. The Balaban J connectivity index is 2.37. The third-order valence-electron chi connectivity index (χ3n) is 3.11. The van der Waals surface area contributed by atoms with Crippen LogP contribution in [0.25, 0.3) is 17.0 Å². The summed E-state index contributed by atoms with van der Waals surface area (Å²) in [6, 6.07) is 7.42. The molecule has 0 saturated heterocycles. The van der Waals surface area contributed by atoms with Crippen molar-refractivity contribution in [2.24, 2.45) is 0 Å². The predicted molar refractivity (Wildman–Crippen MR) is 67.9 cm³/mol. The second-order valence-corrected chi connectivity index (χ2v) is 4.15. The monoisotopic (exact) mass is 256 g/mol. The topological polar surface area (TPSA) is 85.4 Å². The first-order valence-corrected chi connectivity index (χ1v) is 5.45. The van der Waals surface area contributed by atoms with E-state index >= 15 is 0 Å². The van der Waals surface area contributed by atoms with Crippen LogP contribution >= 0.6 is 0 Å². The van der Waals surface area contributed by atoms with Crippen molar-refractivity contribution in [1.82, 2.24) is 4.57 Å². The fourth-order valence-corrected chi connectivity index (χ4v) is 2.34. The summed E-state index contributed by atoms with van der Waals surface area (Å²) >= 11 is 0. The number of carbonyl (C=O) groups excluding carboxylic acids is 1. The van der Waals surface area contributed by atoms with Gasteiger partial charge in [0.15, 0.2) is 0 Å². The van der Waals surface area contributed by atoms with Gasteiger partial charge in [-0.15, -0.1) is 0 Å². The van der Waals surface area contributed by atoms with E-state index in [9.17, 15) is 20.0 Å². The summed E-state index contributed by atoms with van der Waals surface area (Å²) in [6.07, 6.45) is 0. The normalized spacial score (nSPS) is 12.1. The predicted octanol–water partition coefficient (Wildman–Crippen LogP) is 2.59. The highest BCUT2D eigenvalue weighted by Crippen LogP contribution is 2.40. The molecule has 6 nitrogen and oxygen atoms in total. The maximum Gasteiger partial charge on any atom is 0.279 e. The fourth-order valence-electron chi connectivity index (χ4n) is 2.34. The number of nitro groups is 1. The molecule has 0 unspecified atom stereocenters. The van der Waals surface area contributed by atoms with Gasteiger partial charge < -0.3 is 5.11 Å². The van der Waals surface area contributed by atoms with Gasteiger partial charge in [0.2, 0.25) is 0 Å². The van der Waals surface area contributed by atoms with Gasteiger partial charge >= 0.3 is 0 Å². The molecule has 1 aromatic heterocycles. The molecule has 0 fully saturated rings. The molecule has 0 atom stereocenters. The molecule has 0 spiro atoms. The van der Waals surface area contributed by atoms with E-state index in [4.69, 9.17) is 0 Å². The van der Waals surface area contributed by atoms with Crippen molar-refractivity contribution >= 4 is 17.4 Å². The summed E-state index contributed by atoms with van der Waals surface area (Å²) in [6.45, 7) is 3.38. The van der Waals surface area contributed by atoms with Crippen LogP contribution in [0.1, 0.15) is 16.1 Å². The zero-order valence-electron chi connectivity index (χ0n) is 9.66. The molecule has 6 heteroatoms. The first-order valence-electron chi connectivity index (χ1n) is 5.45. The lowest BCUT2D eigenvalue weighted by atomic mass is 10.1. The highest BCUT2D eigenvalue weighted by molar-refractivity contribution is 6.12. The van der Waals surface area contributed by atoms with Crippen molar-refractivity contribution in [3.05, 3.63) is 58.3 Å². The molecule has 0 radical (unpaired) electrons. The first kappa shape index (κ1) is 11.2. The van der Waals surface area contributed by atoms with Crippen LogP contribution in [0, 0.1) is 10.1 Å². The molecule has 2 heterocycles. The Morgan fingerprint density at radius 3 is 2.68 bits per heavy atom. The number of hydrogen-bond donors (Lipinski definition) is 1. The molecular formula is C13H8N2O4. The lowest BCUT2D eigenvalue weighted by Gasteiger charge is -2.01. The molecule has 2 aromatic rings. The molecule has 0 aliphatic carbocycles. The Hall–Kier alpha value is -2.89. The van der Waals surface area contributed by atoms with E-state index in [1.807, 2.05) is 0 Å². The molecule has 1 N–H and O–H groups in total. The van der Waals surface area contributed by atoms with Crippen LogP contribution in [0.15, 0.2) is 36.9 Å². The third-order valence-corrected chi connectivity index (χ3v) is 3.11. The largest absolute Gasteiger partial charge is 0.506 e. The van der Waals surface area contributed by atoms with Crippen molar-refractivity contribution in [2.45, 2.75) is 0 Å². The van der Waals surface area contributed by atoms with Gasteiger partial charge in [-0.05, 0) is 18.2 Å². The number of benzene rings is 1. The van der Waals surface area contributed by atoms with Gasteiger partial charge in [-0.1, -0.05) is 12.6 Å². The molecule has 0 saturated carbocycles. The van der Waals surface area contributed by atoms with Crippen LogP contribution in [0.2, 0.25) is 0 Å². The molecule has 94 valence electrons. The van der Waals surface area contributed by atoms with Crippen molar-refractivity contribution in [1.29, 1.82) is 0 Å². The summed E-state index contributed by atoms with van der Waals surface area (Å²) in [5.41, 5.74) is 1.05. The Bertz CT molecular complexity index is 758. The van der Waals surface area contributed by atoms with E-state index in [2.05, 4.69) is 6.58 Å². The average Bonchev–Trinajstić information content (AvgIpc) is 2.90. The molecule has 0 bridgehead atoms. The van der Waals surface area contributed by atoms with Crippen molar-refractivity contribution in [3.8, 4) is 11.3 Å². The Morgan fingerprint density at radius 1 is 1.32 bits per heavy atom. The first-order chi connectivity index (χ1) is 9.02. The van der Waals surface area contributed by atoms with Crippen LogP contribution in [0.4, 0.5) is 5.69 Å². The lowest BCUT2D eigenvalue weighted by molar-refractivity contribution is -0.384. The van der Waals surface area contributed by atoms with Gasteiger partial charge in [0, 0.05) is 6.07 Å². The zero-order valence-corrected chi connectivity index (χ0v) is 9.66. The Labute approximate surface area is 107 Å². The Kier molecular flexibility index (Phi) is 2.10. The molecule has 1 aromatic carbocycles. The van der Waals surface area contributed by atoms with Crippen LogP contribution < -0.4 is 0 Å². The molecule has 19 heavy (non-hydrogen) atoms. The van der Waals surface area contributed by atoms with Crippen molar-refractivity contribution < 1.29 is 14.8 Å². The highest BCUT2D eigenvalue weighted by atomic mass is 16.6. The zero-order chi connectivity index (χ0) is 13.7. The molecule has 3 rings (SSSR count). The Morgan fingerprint density at radius 2 is 2.05 bits per heavy atom. The summed E-state index contributed by atoms with van der Waals surface area (Å²) in [4.78, 5) is 22.7. The summed E-state index contributed by atoms with van der Waals surface area (Å²) in [7, 11) is 0. The van der Waals surface area contributed by atoms with Gasteiger partial charge in [-0.3, -0.25) is 19.5 Å². The summed E-state index contributed by atoms with van der Waals surface area (Å²) < 4.78 is 1.24. The van der Waals surface area contributed by atoms with E-state index in [0.717, 1.165) is 0 Å². The number of aromatic nitrogens is 1. The number of fused-ring (bicyclic) bond motifs is 3. The van der Waals surface area contributed by atoms with Gasteiger partial charge in [0.25, 0.3) is 11.6 Å². The maximum atomic E-state index is 12.2. The van der Waals surface area contributed by atoms with E-state index in [-0.39, 0.29) is 28.3 Å². The highest BCUT2D eigenvalue weighted by Gasteiger charge is 2.34. The minimum absolute atomic E-state index is 0.127. The standard InChI is InChI=1S/C13H8N2O4/c1-7(16)9-5-6-10-12-8(13(17)14(9)10)3-2-4-11(12)15(18)19/h2-6,16H,1H2. The van der Waals surface area contributed by atoms with E-state index in [0.29, 0.717) is 5.69 Å². The van der Waals surface area contributed by atoms with Crippen molar-refractivity contribution in [2.75, 3.05) is 0 Å². The number of aliphatic hydroxyl groups excluding tert-OH is 1. The van der Waals surface area contributed by atoms with Gasteiger partial charge in [0.1, 0.15) is 5.76 Å². The fraction of sp³-hybridized carbons (Fsp3) is 0. The van der Waals surface area contributed by atoms with Gasteiger partial charge in [0.05, 0.1) is 27.4 Å².